The van der Waals surface area contributed by atoms with Gasteiger partial charge in [0.25, 0.3) is 0 Å². The summed E-state index contributed by atoms with van der Waals surface area (Å²) in [5.41, 5.74) is 5.23. The largest absolute Gasteiger partial charge is 0.631 e. The molecule has 3 N–H and O–H groups in total. The van der Waals surface area contributed by atoms with Crippen LogP contribution in [0.2, 0.25) is 0 Å². The molecule has 0 spiro atoms. The Hall–Kier alpha value is -1.00. The fraction of sp³-hybridized carbons (Fsp3) is 0.400. The summed E-state index contributed by atoms with van der Waals surface area (Å²) < 4.78 is 34.0. The second kappa shape index (κ2) is 3.24. The minimum absolute atomic E-state index is 0.331. The third-order valence-electron chi connectivity index (χ3n) is 0.726. The number of alkyl halides is 3. The molecule has 0 unspecified atom stereocenters. The molecule has 58 valence electrons. The smallest absolute Gasteiger partial charge is 0.404 e. The van der Waals surface area contributed by atoms with Crippen molar-refractivity contribution in [1.82, 2.24) is 0 Å². The molecule has 0 saturated carbocycles. The molecule has 0 aromatic carbocycles. The van der Waals surface area contributed by atoms with Crippen LogP contribution in [-0.4, -0.2) is 12.5 Å². The highest BCUT2D eigenvalue weighted by Crippen LogP contribution is 1.99. The minimum Gasteiger partial charge on any atom is -0.404 e. The van der Waals surface area contributed by atoms with Gasteiger partial charge in [0.15, 0.2) is 6.21 Å². The molecule has 0 fully saturated rings. The summed E-state index contributed by atoms with van der Waals surface area (Å²) in [4.78, 5) is 1.20. The number of allylic oxidation sites excluding steroid dienone is 1. The average Bonchev–Trinajstić information content (AvgIpc) is 1.81. The van der Waals surface area contributed by atoms with Crippen molar-refractivity contribution in [3.8, 4) is 0 Å². The Morgan fingerprint density at radius 1 is 1.50 bits per heavy atom. The van der Waals surface area contributed by atoms with Crippen LogP contribution in [0.5, 0.6) is 0 Å². The van der Waals surface area contributed by atoms with Gasteiger partial charge in [0.1, 0.15) is 0 Å². The van der Waals surface area contributed by atoms with E-state index in [-0.39, 0.29) is 0 Å². The van der Waals surface area contributed by atoms with E-state index in [0.29, 0.717) is 5.57 Å². The van der Waals surface area contributed by atoms with Crippen LogP contribution in [0.25, 0.3) is 0 Å². The first kappa shape index (κ1) is 9.00. The Balaban J connectivity index is 4.01. The second-order valence-corrected chi connectivity index (χ2v) is 1.70. The van der Waals surface area contributed by atoms with Crippen LogP contribution in [-0.2, 0) is 0 Å². The molecule has 0 saturated heterocycles. The maximum atomic E-state index is 11.3. The first-order valence-electron chi connectivity index (χ1n) is 2.52. The second-order valence-electron chi connectivity index (χ2n) is 1.70. The van der Waals surface area contributed by atoms with E-state index in [1.807, 2.05) is 0 Å². The quantitative estimate of drug-likeness (QED) is 0.387. The standard InChI is InChI=1S/C5H7F3N2/c1-4(2-9)3-10-5(6,7)8/h2-3H,9H2,1H3/p+1. The van der Waals surface area contributed by atoms with Gasteiger partial charge in [-0.2, -0.15) is 4.99 Å². The van der Waals surface area contributed by atoms with E-state index in [1.54, 1.807) is 0 Å². The summed E-state index contributed by atoms with van der Waals surface area (Å²) in [6.45, 7) is 1.46. The number of rotatable bonds is 1. The SMILES string of the molecule is CC(C=[NH+]C(F)(F)F)=CN. The van der Waals surface area contributed by atoms with Crippen molar-refractivity contribution in [3.63, 3.8) is 0 Å². The molecular weight excluding hydrogens is 145 g/mol. The van der Waals surface area contributed by atoms with Gasteiger partial charge >= 0.3 is 6.30 Å². The van der Waals surface area contributed by atoms with Crippen LogP contribution in [0.3, 0.4) is 0 Å². The van der Waals surface area contributed by atoms with Crippen LogP contribution >= 0.6 is 0 Å². The van der Waals surface area contributed by atoms with E-state index in [1.165, 1.54) is 11.9 Å². The van der Waals surface area contributed by atoms with E-state index in [4.69, 9.17) is 5.73 Å². The predicted octanol–water partition coefficient (Wildman–Crippen LogP) is -0.480. The summed E-state index contributed by atoms with van der Waals surface area (Å²) in [6, 6.07) is 0. The number of hydrogen-bond donors (Lipinski definition) is 2. The molecule has 0 aromatic heterocycles. The Morgan fingerprint density at radius 3 is 2.30 bits per heavy atom. The summed E-state index contributed by atoms with van der Waals surface area (Å²) >= 11 is 0. The van der Waals surface area contributed by atoms with E-state index in [2.05, 4.69) is 0 Å². The highest BCUT2D eigenvalue weighted by molar-refractivity contribution is 5.72. The molecule has 0 amide bonds. The van der Waals surface area contributed by atoms with Gasteiger partial charge in [-0.1, -0.05) is 0 Å². The third kappa shape index (κ3) is 5.14. The average molecular weight is 153 g/mol. The zero-order valence-electron chi connectivity index (χ0n) is 5.37. The van der Waals surface area contributed by atoms with Crippen LogP contribution in [0.4, 0.5) is 13.2 Å². The Bertz CT molecular complexity index is 157. The van der Waals surface area contributed by atoms with Gasteiger partial charge in [0.2, 0.25) is 0 Å². The lowest BCUT2D eigenvalue weighted by molar-refractivity contribution is -0.672. The lowest BCUT2D eigenvalue weighted by atomic mass is 10.4. The lowest BCUT2D eigenvalue weighted by Crippen LogP contribution is -2.79. The molecule has 5 heteroatoms. The molecule has 0 aliphatic heterocycles. The van der Waals surface area contributed by atoms with Gasteiger partial charge in [-0.25, -0.2) is 0 Å². The number of halogens is 3. The first-order chi connectivity index (χ1) is 4.45. The molecule has 0 atom stereocenters. The van der Waals surface area contributed by atoms with Crippen molar-refractivity contribution < 1.29 is 18.2 Å². The highest BCUT2D eigenvalue weighted by Gasteiger charge is 2.33. The zero-order valence-corrected chi connectivity index (χ0v) is 5.37. The minimum atomic E-state index is -4.37. The van der Waals surface area contributed by atoms with Gasteiger partial charge in [-0.3, -0.25) is 0 Å². The van der Waals surface area contributed by atoms with Crippen molar-refractivity contribution in [3.05, 3.63) is 11.8 Å². The van der Waals surface area contributed by atoms with E-state index < -0.39 is 6.30 Å². The Kier molecular flexibility index (Phi) is 2.92. The molecule has 0 rings (SSSR count). The fourth-order valence-electron chi connectivity index (χ4n) is 0.244. The Morgan fingerprint density at radius 2 is 2.00 bits per heavy atom. The van der Waals surface area contributed by atoms with Crippen molar-refractivity contribution in [1.29, 1.82) is 0 Å². The first-order valence-corrected chi connectivity index (χ1v) is 2.52. The topological polar surface area (TPSA) is 40.0 Å². The number of nitrogens with one attached hydrogen (secondary N) is 1. The van der Waals surface area contributed by atoms with Gasteiger partial charge in [-0.05, 0) is 6.92 Å². The zero-order chi connectivity index (χ0) is 8.20. The normalized spacial score (nSPS) is 14.6. The number of nitrogens with two attached hydrogens (primary N) is 1. The van der Waals surface area contributed by atoms with E-state index >= 15 is 0 Å². The van der Waals surface area contributed by atoms with Crippen LogP contribution in [0, 0.1) is 0 Å². The molecule has 0 bridgehead atoms. The molecule has 0 aliphatic carbocycles. The molecule has 0 aliphatic rings. The van der Waals surface area contributed by atoms with Crippen LogP contribution in [0.15, 0.2) is 11.8 Å². The maximum absolute atomic E-state index is 11.3. The monoisotopic (exact) mass is 153 g/mol. The summed E-state index contributed by atoms with van der Waals surface area (Å²) in [5, 5.41) is 0. The van der Waals surface area contributed by atoms with Gasteiger partial charge in [0.05, 0.1) is 0 Å². The fourth-order valence-corrected chi connectivity index (χ4v) is 0.244. The highest BCUT2D eigenvalue weighted by atomic mass is 19.4. The van der Waals surface area contributed by atoms with Gasteiger partial charge < -0.3 is 5.73 Å². The summed E-state index contributed by atoms with van der Waals surface area (Å²) in [5.74, 6) is 0. The summed E-state index contributed by atoms with van der Waals surface area (Å²) in [6.07, 6.45) is -2.50. The third-order valence-corrected chi connectivity index (χ3v) is 0.726. The number of hydrogen-bond acceptors (Lipinski definition) is 1. The van der Waals surface area contributed by atoms with Gasteiger partial charge in [-0.15, -0.1) is 13.2 Å². The van der Waals surface area contributed by atoms with Crippen LogP contribution < -0.4 is 10.7 Å². The Labute approximate surface area is 56.2 Å². The van der Waals surface area contributed by atoms with Crippen molar-refractivity contribution in [2.45, 2.75) is 13.2 Å². The molecule has 10 heavy (non-hydrogen) atoms. The van der Waals surface area contributed by atoms with Gasteiger partial charge in [0, 0.05) is 11.8 Å². The molecule has 0 heterocycles. The van der Waals surface area contributed by atoms with E-state index in [0.717, 1.165) is 12.4 Å². The van der Waals surface area contributed by atoms with Crippen molar-refractivity contribution >= 4 is 6.21 Å². The predicted molar refractivity (Wildman–Crippen MR) is 31.0 cm³/mol. The van der Waals surface area contributed by atoms with Crippen molar-refractivity contribution in [2.75, 3.05) is 0 Å². The van der Waals surface area contributed by atoms with Crippen LogP contribution in [0.1, 0.15) is 6.92 Å². The molecular formula is C5H8F3N2+. The van der Waals surface area contributed by atoms with Crippen molar-refractivity contribution in [2.24, 2.45) is 5.73 Å². The van der Waals surface area contributed by atoms with E-state index in [9.17, 15) is 13.2 Å². The summed E-state index contributed by atoms with van der Waals surface area (Å²) in [7, 11) is 0. The molecule has 0 radical (unpaired) electrons. The molecule has 0 aromatic rings. The molecule has 2 nitrogen and oxygen atoms in total. The maximum Gasteiger partial charge on any atom is 0.631 e. The lowest BCUT2D eigenvalue weighted by Gasteiger charge is -1.88.